The van der Waals surface area contributed by atoms with Gasteiger partial charge in [-0.05, 0) is 19.9 Å². The molecule has 6 heteroatoms. The Morgan fingerprint density at radius 1 is 1.59 bits per heavy atom. The van der Waals surface area contributed by atoms with Crippen molar-refractivity contribution < 1.29 is 4.79 Å². The summed E-state index contributed by atoms with van der Waals surface area (Å²) in [5.41, 5.74) is 0.421. The van der Waals surface area contributed by atoms with E-state index in [-0.39, 0.29) is 11.9 Å². The lowest BCUT2D eigenvalue weighted by molar-refractivity contribution is -0.121. The molecule has 17 heavy (non-hydrogen) atoms. The van der Waals surface area contributed by atoms with E-state index >= 15 is 0 Å². The van der Waals surface area contributed by atoms with Crippen LogP contribution in [0.5, 0.6) is 0 Å². The van der Waals surface area contributed by atoms with Gasteiger partial charge in [0.2, 0.25) is 5.91 Å². The van der Waals surface area contributed by atoms with Crippen LogP contribution >= 0.6 is 0 Å². The monoisotopic (exact) mass is 233 g/mol. The Bertz CT molecular complexity index is 424. The smallest absolute Gasteiger partial charge is 0.221 e. The van der Waals surface area contributed by atoms with Gasteiger partial charge in [0.15, 0.2) is 5.82 Å². The Balaban J connectivity index is 2.41. The van der Waals surface area contributed by atoms with Crippen molar-refractivity contribution >= 4 is 11.7 Å². The Labute approximate surface area is 100 Å². The number of amides is 1. The van der Waals surface area contributed by atoms with Gasteiger partial charge in [0, 0.05) is 19.0 Å². The Morgan fingerprint density at radius 3 is 3.00 bits per heavy atom. The number of carbonyl (C=O) groups excluding carboxylic acids is 1. The van der Waals surface area contributed by atoms with Gasteiger partial charge in [-0.3, -0.25) is 4.79 Å². The van der Waals surface area contributed by atoms with E-state index in [2.05, 4.69) is 20.8 Å². The minimum atomic E-state index is -0.0325. The summed E-state index contributed by atoms with van der Waals surface area (Å²) >= 11 is 0. The van der Waals surface area contributed by atoms with Crippen molar-refractivity contribution in [3.63, 3.8) is 0 Å². The molecule has 0 atom stereocenters. The average molecular weight is 233 g/mol. The summed E-state index contributed by atoms with van der Waals surface area (Å²) in [5.74, 6) is 0.377. The Kier molecular flexibility index (Phi) is 4.88. The van der Waals surface area contributed by atoms with Gasteiger partial charge < -0.3 is 10.6 Å². The second-order valence-corrected chi connectivity index (χ2v) is 3.80. The van der Waals surface area contributed by atoms with Crippen molar-refractivity contribution in [2.24, 2.45) is 0 Å². The molecule has 1 aromatic heterocycles. The molecule has 6 nitrogen and oxygen atoms in total. The first-order valence-electron chi connectivity index (χ1n) is 5.38. The van der Waals surface area contributed by atoms with Gasteiger partial charge in [-0.1, -0.05) is 0 Å². The van der Waals surface area contributed by atoms with Crippen LogP contribution in [0.3, 0.4) is 0 Å². The molecule has 0 aromatic carbocycles. The largest absolute Gasteiger partial charge is 0.367 e. The Morgan fingerprint density at radius 2 is 2.35 bits per heavy atom. The first-order valence-corrected chi connectivity index (χ1v) is 5.38. The lowest BCUT2D eigenvalue weighted by atomic mass is 10.3. The summed E-state index contributed by atoms with van der Waals surface area (Å²) in [5, 5.41) is 22.0. The van der Waals surface area contributed by atoms with Gasteiger partial charge in [-0.25, -0.2) is 0 Å². The third-order valence-corrected chi connectivity index (χ3v) is 1.94. The second kappa shape index (κ2) is 6.43. The summed E-state index contributed by atoms with van der Waals surface area (Å²) in [4.78, 5) is 11.3. The number of carbonyl (C=O) groups is 1. The third kappa shape index (κ3) is 4.47. The predicted molar refractivity (Wildman–Crippen MR) is 63.1 cm³/mol. The molecule has 0 aliphatic carbocycles. The van der Waals surface area contributed by atoms with Gasteiger partial charge >= 0.3 is 0 Å². The highest BCUT2D eigenvalue weighted by atomic mass is 16.1. The maximum atomic E-state index is 11.3. The quantitative estimate of drug-likeness (QED) is 0.780. The highest BCUT2D eigenvalue weighted by Crippen LogP contribution is 2.07. The molecule has 1 amide bonds. The first kappa shape index (κ1) is 12.9. The van der Waals surface area contributed by atoms with Crippen molar-refractivity contribution in [1.29, 1.82) is 5.26 Å². The molecule has 0 fully saturated rings. The molecular formula is C11H15N5O. The van der Waals surface area contributed by atoms with E-state index in [1.54, 1.807) is 6.07 Å². The molecule has 0 aliphatic rings. The highest BCUT2D eigenvalue weighted by molar-refractivity contribution is 5.76. The maximum absolute atomic E-state index is 11.3. The van der Waals surface area contributed by atoms with E-state index in [1.165, 1.54) is 6.20 Å². The summed E-state index contributed by atoms with van der Waals surface area (Å²) in [6, 6.07) is 3.71. The summed E-state index contributed by atoms with van der Waals surface area (Å²) < 4.78 is 0. The van der Waals surface area contributed by atoms with Crippen molar-refractivity contribution in [1.82, 2.24) is 15.5 Å². The number of hydrogen-bond acceptors (Lipinski definition) is 5. The van der Waals surface area contributed by atoms with Crippen molar-refractivity contribution in [2.75, 3.05) is 11.9 Å². The van der Waals surface area contributed by atoms with Gasteiger partial charge in [0.05, 0.1) is 11.8 Å². The van der Waals surface area contributed by atoms with Crippen molar-refractivity contribution in [3.8, 4) is 6.07 Å². The van der Waals surface area contributed by atoms with Gasteiger partial charge in [-0.15, -0.1) is 5.10 Å². The second-order valence-electron chi connectivity index (χ2n) is 3.80. The van der Waals surface area contributed by atoms with Crippen LogP contribution in [0, 0.1) is 11.3 Å². The molecule has 0 saturated carbocycles. The van der Waals surface area contributed by atoms with E-state index < -0.39 is 0 Å². The number of anilines is 1. The van der Waals surface area contributed by atoms with E-state index in [0.717, 1.165) is 0 Å². The normalized spacial score (nSPS) is 9.76. The van der Waals surface area contributed by atoms with E-state index in [9.17, 15) is 4.79 Å². The van der Waals surface area contributed by atoms with Crippen molar-refractivity contribution in [2.45, 2.75) is 26.3 Å². The van der Waals surface area contributed by atoms with Gasteiger partial charge in [-0.2, -0.15) is 10.4 Å². The van der Waals surface area contributed by atoms with Crippen LogP contribution in [0.25, 0.3) is 0 Å². The van der Waals surface area contributed by atoms with Crippen LogP contribution in [0.4, 0.5) is 5.82 Å². The molecule has 1 rings (SSSR count). The zero-order valence-electron chi connectivity index (χ0n) is 9.90. The fourth-order valence-electron chi connectivity index (χ4n) is 1.24. The summed E-state index contributed by atoms with van der Waals surface area (Å²) in [6.45, 7) is 4.23. The molecule has 0 radical (unpaired) electrons. The SMILES string of the molecule is CC(C)NC(=O)CCNc1nnccc1C#N. The minimum Gasteiger partial charge on any atom is -0.367 e. The number of nitrogens with zero attached hydrogens (tertiary/aromatic N) is 3. The molecule has 1 aromatic rings. The molecule has 0 aliphatic heterocycles. The number of aromatic nitrogens is 2. The lowest BCUT2D eigenvalue weighted by Gasteiger charge is -2.09. The number of hydrogen-bond donors (Lipinski definition) is 2. The predicted octanol–water partition coefficient (Wildman–Crippen LogP) is 0.675. The molecule has 1 heterocycles. The molecule has 2 N–H and O–H groups in total. The topological polar surface area (TPSA) is 90.7 Å². The van der Waals surface area contributed by atoms with Gasteiger partial charge in [0.1, 0.15) is 6.07 Å². The maximum Gasteiger partial charge on any atom is 0.221 e. The van der Waals surface area contributed by atoms with E-state index in [4.69, 9.17) is 5.26 Å². The van der Waals surface area contributed by atoms with Crippen LogP contribution < -0.4 is 10.6 Å². The van der Waals surface area contributed by atoms with Crippen LogP contribution in [0.1, 0.15) is 25.8 Å². The van der Waals surface area contributed by atoms with Crippen LogP contribution in [-0.4, -0.2) is 28.7 Å². The minimum absolute atomic E-state index is 0.0325. The average Bonchev–Trinajstić information content (AvgIpc) is 2.28. The fraction of sp³-hybridized carbons (Fsp3) is 0.455. The van der Waals surface area contributed by atoms with E-state index in [0.29, 0.717) is 24.3 Å². The lowest BCUT2D eigenvalue weighted by Crippen LogP contribution is -2.31. The molecule has 0 bridgehead atoms. The molecule has 0 saturated heterocycles. The summed E-state index contributed by atoms with van der Waals surface area (Å²) in [7, 11) is 0. The Hall–Kier alpha value is -2.16. The fourth-order valence-corrected chi connectivity index (χ4v) is 1.24. The third-order valence-electron chi connectivity index (χ3n) is 1.94. The van der Waals surface area contributed by atoms with Gasteiger partial charge in [0.25, 0.3) is 0 Å². The number of nitrogens with one attached hydrogen (secondary N) is 2. The molecule has 90 valence electrons. The number of rotatable bonds is 5. The molecule has 0 unspecified atom stereocenters. The highest BCUT2D eigenvalue weighted by Gasteiger charge is 2.05. The van der Waals surface area contributed by atoms with Crippen LogP contribution in [0.15, 0.2) is 12.3 Å². The van der Waals surface area contributed by atoms with E-state index in [1.807, 2.05) is 19.9 Å². The van der Waals surface area contributed by atoms with Crippen LogP contribution in [0.2, 0.25) is 0 Å². The first-order chi connectivity index (χ1) is 8.13. The zero-order valence-corrected chi connectivity index (χ0v) is 9.90. The zero-order chi connectivity index (χ0) is 12.7. The molecule has 0 spiro atoms. The molecular weight excluding hydrogens is 218 g/mol. The van der Waals surface area contributed by atoms with Crippen molar-refractivity contribution in [3.05, 3.63) is 17.8 Å². The standard InChI is InChI=1S/C11H15N5O/c1-8(2)15-10(17)4-5-13-11-9(7-12)3-6-14-16-11/h3,6,8H,4-5H2,1-2H3,(H,13,16)(H,15,17). The number of nitriles is 1. The summed E-state index contributed by atoms with van der Waals surface area (Å²) in [6.07, 6.45) is 1.79. The van der Waals surface area contributed by atoms with Crippen LogP contribution in [-0.2, 0) is 4.79 Å².